The van der Waals surface area contributed by atoms with E-state index in [2.05, 4.69) is 22.1 Å². The van der Waals surface area contributed by atoms with Crippen LogP contribution in [-0.4, -0.2) is 14.5 Å². The van der Waals surface area contributed by atoms with Gasteiger partial charge < -0.3 is 4.57 Å². The van der Waals surface area contributed by atoms with E-state index in [1.807, 2.05) is 34.9 Å². The summed E-state index contributed by atoms with van der Waals surface area (Å²) in [7, 11) is 0. The molecule has 0 bridgehead atoms. The van der Waals surface area contributed by atoms with Crippen molar-refractivity contribution in [3.05, 3.63) is 93.9 Å². The fourth-order valence-corrected chi connectivity index (χ4v) is 3.14. The normalized spacial score (nSPS) is 11.0. The molecule has 0 unspecified atom stereocenters. The summed E-state index contributed by atoms with van der Waals surface area (Å²) in [6, 6.07) is 21.1. The van der Waals surface area contributed by atoms with Gasteiger partial charge in [-0.25, -0.2) is 4.98 Å². The number of hydrogen-bond donors (Lipinski definition) is 0. The summed E-state index contributed by atoms with van der Waals surface area (Å²) in [6.07, 6.45) is 2.52. The van der Waals surface area contributed by atoms with Gasteiger partial charge in [-0.15, -0.1) is 0 Å². The molecule has 128 valence electrons. The summed E-state index contributed by atoms with van der Waals surface area (Å²) in [5, 5.41) is 1.17. The molecule has 0 radical (unpaired) electrons. The molecule has 0 atom stereocenters. The van der Waals surface area contributed by atoms with Gasteiger partial charge in [-0.05, 0) is 48.4 Å². The minimum Gasteiger partial charge on any atom is -0.309 e. The number of pyridine rings is 1. The van der Waals surface area contributed by atoms with E-state index in [4.69, 9.17) is 11.6 Å². The number of hydrogen-bond acceptors (Lipinski definition) is 3. The molecule has 0 amide bonds. The lowest BCUT2D eigenvalue weighted by molar-refractivity contribution is 0.702. The van der Waals surface area contributed by atoms with Gasteiger partial charge in [0.05, 0.1) is 5.39 Å². The first-order valence-electron chi connectivity index (χ1n) is 8.38. The van der Waals surface area contributed by atoms with E-state index in [1.54, 1.807) is 30.5 Å². The summed E-state index contributed by atoms with van der Waals surface area (Å²) in [4.78, 5) is 21.3. The number of halogens is 1. The molecule has 0 fully saturated rings. The maximum absolute atomic E-state index is 12.5. The van der Waals surface area contributed by atoms with E-state index >= 15 is 0 Å². The Hall–Kier alpha value is -2.98. The first-order valence-corrected chi connectivity index (χ1v) is 8.75. The molecule has 0 saturated heterocycles. The lowest BCUT2D eigenvalue weighted by Crippen LogP contribution is -2.18. The first-order chi connectivity index (χ1) is 12.7. The molecule has 0 saturated carbocycles. The van der Waals surface area contributed by atoms with Crippen LogP contribution in [-0.2, 0) is 13.0 Å². The van der Waals surface area contributed by atoms with Gasteiger partial charge in [-0.3, -0.25) is 4.79 Å². The molecule has 2 aromatic carbocycles. The number of aryl methyl sites for hydroxylation is 2. The monoisotopic (exact) mass is 361 g/mol. The zero-order valence-corrected chi connectivity index (χ0v) is 14.7. The minimum atomic E-state index is -0.269. The van der Waals surface area contributed by atoms with Crippen LogP contribution in [0.4, 0.5) is 0 Å². The molecule has 4 rings (SSSR count). The summed E-state index contributed by atoms with van der Waals surface area (Å²) >= 11 is 6.01. The van der Waals surface area contributed by atoms with Crippen LogP contribution < -0.4 is 5.56 Å². The van der Waals surface area contributed by atoms with Crippen LogP contribution in [0.5, 0.6) is 0 Å². The fraction of sp³-hybridized carbons (Fsp3) is 0.0952. The Bertz CT molecular complexity index is 1110. The topological polar surface area (TPSA) is 47.8 Å². The maximum Gasteiger partial charge on any atom is 0.282 e. The van der Waals surface area contributed by atoms with Crippen molar-refractivity contribution in [2.24, 2.45) is 0 Å². The van der Waals surface area contributed by atoms with Crippen LogP contribution in [0.15, 0.2) is 77.7 Å². The SMILES string of the molecule is O=c1nc(-c2ccc(Cl)cc2)n(CCc2ccccc2)c2ncccc12. The van der Waals surface area contributed by atoms with Gasteiger partial charge in [0.15, 0.2) is 0 Å². The molecule has 0 aliphatic rings. The summed E-state index contributed by atoms with van der Waals surface area (Å²) in [5.74, 6) is 0.605. The number of aromatic nitrogens is 3. The van der Waals surface area contributed by atoms with Crippen molar-refractivity contribution < 1.29 is 0 Å². The van der Waals surface area contributed by atoms with Crippen molar-refractivity contribution in [3.8, 4) is 11.4 Å². The van der Waals surface area contributed by atoms with Gasteiger partial charge in [-0.2, -0.15) is 4.98 Å². The average molecular weight is 362 g/mol. The van der Waals surface area contributed by atoms with E-state index in [0.29, 0.717) is 28.4 Å². The molecular formula is C21H16ClN3O. The molecule has 0 N–H and O–H groups in total. The predicted octanol–water partition coefficient (Wildman–Crippen LogP) is 4.35. The van der Waals surface area contributed by atoms with Gasteiger partial charge in [0.2, 0.25) is 0 Å². The van der Waals surface area contributed by atoms with Crippen LogP contribution >= 0.6 is 11.6 Å². The molecule has 4 nitrogen and oxygen atoms in total. The predicted molar refractivity (Wildman–Crippen MR) is 104 cm³/mol. The van der Waals surface area contributed by atoms with Crippen LogP contribution in [0.1, 0.15) is 5.56 Å². The Morgan fingerprint density at radius 1 is 0.923 bits per heavy atom. The molecule has 0 spiro atoms. The number of fused-ring (bicyclic) bond motifs is 1. The summed E-state index contributed by atoms with van der Waals surface area (Å²) < 4.78 is 2.01. The quantitative estimate of drug-likeness (QED) is 0.542. The Labute approximate surface area is 155 Å². The molecule has 0 aliphatic heterocycles. The van der Waals surface area contributed by atoms with Crippen LogP contribution in [0.2, 0.25) is 5.02 Å². The van der Waals surface area contributed by atoms with Crippen LogP contribution in [0.25, 0.3) is 22.4 Å². The van der Waals surface area contributed by atoms with Gasteiger partial charge in [0.1, 0.15) is 11.5 Å². The second-order valence-corrected chi connectivity index (χ2v) is 6.45. The highest BCUT2D eigenvalue weighted by atomic mass is 35.5. The Kier molecular flexibility index (Phi) is 4.50. The van der Waals surface area contributed by atoms with E-state index in [-0.39, 0.29) is 5.56 Å². The smallest absolute Gasteiger partial charge is 0.282 e. The van der Waals surface area contributed by atoms with Crippen molar-refractivity contribution in [2.75, 3.05) is 0 Å². The zero-order chi connectivity index (χ0) is 17.9. The maximum atomic E-state index is 12.5. The van der Waals surface area contributed by atoms with E-state index < -0.39 is 0 Å². The van der Waals surface area contributed by atoms with E-state index in [0.717, 1.165) is 12.0 Å². The Balaban J connectivity index is 1.86. The molecule has 2 aromatic heterocycles. The molecular weight excluding hydrogens is 346 g/mol. The number of benzene rings is 2. The minimum absolute atomic E-state index is 0.269. The first kappa shape index (κ1) is 16.5. The highest BCUT2D eigenvalue weighted by Gasteiger charge is 2.13. The third kappa shape index (κ3) is 3.24. The van der Waals surface area contributed by atoms with Gasteiger partial charge >= 0.3 is 0 Å². The third-order valence-corrected chi connectivity index (χ3v) is 4.56. The van der Waals surface area contributed by atoms with Crippen LogP contribution in [0.3, 0.4) is 0 Å². The number of nitrogens with zero attached hydrogens (tertiary/aromatic N) is 3. The van der Waals surface area contributed by atoms with Crippen molar-refractivity contribution in [2.45, 2.75) is 13.0 Å². The Morgan fingerprint density at radius 3 is 2.46 bits per heavy atom. The highest BCUT2D eigenvalue weighted by molar-refractivity contribution is 6.30. The van der Waals surface area contributed by atoms with Crippen molar-refractivity contribution in [3.63, 3.8) is 0 Å². The van der Waals surface area contributed by atoms with Crippen molar-refractivity contribution in [1.29, 1.82) is 0 Å². The van der Waals surface area contributed by atoms with Gasteiger partial charge in [0, 0.05) is 23.3 Å². The standard InChI is InChI=1S/C21H16ClN3O/c22-17-10-8-16(9-11-17)19-24-21(26)18-7-4-13-23-20(18)25(19)14-12-15-5-2-1-3-6-15/h1-11,13H,12,14H2. The zero-order valence-electron chi connectivity index (χ0n) is 14.0. The summed E-state index contributed by atoms with van der Waals surface area (Å²) in [6.45, 7) is 0.669. The largest absolute Gasteiger partial charge is 0.309 e. The molecule has 0 aliphatic carbocycles. The fourth-order valence-electron chi connectivity index (χ4n) is 3.01. The van der Waals surface area contributed by atoms with Crippen LogP contribution in [0, 0.1) is 0 Å². The third-order valence-electron chi connectivity index (χ3n) is 4.31. The second-order valence-electron chi connectivity index (χ2n) is 6.01. The average Bonchev–Trinajstić information content (AvgIpc) is 2.69. The number of rotatable bonds is 4. The van der Waals surface area contributed by atoms with Crippen molar-refractivity contribution >= 4 is 22.6 Å². The van der Waals surface area contributed by atoms with Crippen molar-refractivity contribution in [1.82, 2.24) is 14.5 Å². The van der Waals surface area contributed by atoms with E-state index in [9.17, 15) is 4.79 Å². The lowest BCUT2D eigenvalue weighted by atomic mass is 10.1. The lowest BCUT2D eigenvalue weighted by Gasteiger charge is -2.15. The molecule has 2 heterocycles. The molecule has 4 aromatic rings. The highest BCUT2D eigenvalue weighted by Crippen LogP contribution is 2.22. The molecule has 26 heavy (non-hydrogen) atoms. The van der Waals surface area contributed by atoms with Gasteiger partial charge in [0.25, 0.3) is 5.56 Å². The summed E-state index contributed by atoms with van der Waals surface area (Å²) in [5.41, 5.74) is 2.44. The van der Waals surface area contributed by atoms with Gasteiger partial charge in [-0.1, -0.05) is 41.9 Å². The Morgan fingerprint density at radius 2 is 1.69 bits per heavy atom. The molecule has 5 heteroatoms. The van der Waals surface area contributed by atoms with E-state index in [1.165, 1.54) is 5.56 Å². The second kappa shape index (κ2) is 7.10.